The molecule has 0 aromatic rings. The van der Waals surface area contributed by atoms with Crippen molar-refractivity contribution < 1.29 is 15.0 Å². The fourth-order valence-corrected chi connectivity index (χ4v) is 1.80. The molecule has 1 fully saturated rings. The number of likely N-dealkylation sites (tertiary alicyclic amines) is 1. The molecule has 1 aliphatic heterocycles. The van der Waals surface area contributed by atoms with Crippen LogP contribution in [0.2, 0.25) is 0 Å². The van der Waals surface area contributed by atoms with Crippen molar-refractivity contribution in [1.29, 1.82) is 0 Å². The van der Waals surface area contributed by atoms with Gasteiger partial charge in [0.2, 0.25) is 0 Å². The van der Waals surface area contributed by atoms with E-state index in [1.54, 1.807) is 0 Å². The van der Waals surface area contributed by atoms with Crippen molar-refractivity contribution in [1.82, 2.24) is 4.90 Å². The minimum absolute atomic E-state index is 0.284. The largest absolute Gasteiger partial charge is 0.480 e. The lowest BCUT2D eigenvalue weighted by molar-refractivity contribution is -0.148. The highest BCUT2D eigenvalue weighted by Gasteiger charge is 2.34. The van der Waals surface area contributed by atoms with Crippen LogP contribution in [0, 0.1) is 5.92 Å². The third kappa shape index (κ3) is 2.42. The van der Waals surface area contributed by atoms with Crippen LogP contribution >= 0.6 is 0 Å². The molecule has 0 aliphatic carbocycles. The Hall–Kier alpha value is -0.610. The molecule has 0 aromatic carbocycles. The lowest BCUT2D eigenvalue weighted by Gasteiger charge is -2.42. The molecular weight excluding hydrogens is 170 g/mol. The van der Waals surface area contributed by atoms with Crippen molar-refractivity contribution >= 4 is 5.97 Å². The van der Waals surface area contributed by atoms with Crippen LogP contribution in [-0.4, -0.2) is 46.8 Å². The van der Waals surface area contributed by atoms with Gasteiger partial charge >= 0.3 is 5.97 Å². The summed E-state index contributed by atoms with van der Waals surface area (Å²) in [6.07, 6.45) is 2.31. The normalized spacial score (nSPS) is 21.1. The lowest BCUT2D eigenvalue weighted by atomic mass is 9.93. The van der Waals surface area contributed by atoms with Gasteiger partial charge in [-0.25, -0.2) is 0 Å². The molecule has 0 saturated carbocycles. The Kier molecular flexibility index (Phi) is 3.69. The van der Waals surface area contributed by atoms with Gasteiger partial charge in [0, 0.05) is 13.1 Å². The number of hydrogen-bond acceptors (Lipinski definition) is 3. The zero-order valence-corrected chi connectivity index (χ0v) is 7.94. The molecule has 1 unspecified atom stereocenters. The van der Waals surface area contributed by atoms with E-state index in [0.717, 1.165) is 25.9 Å². The van der Waals surface area contributed by atoms with Gasteiger partial charge in [-0.2, -0.15) is 0 Å². The van der Waals surface area contributed by atoms with Crippen molar-refractivity contribution in [2.75, 3.05) is 19.7 Å². The third-order valence-electron chi connectivity index (χ3n) is 2.58. The molecule has 4 nitrogen and oxygen atoms in total. The lowest BCUT2D eigenvalue weighted by Crippen LogP contribution is -2.56. The van der Waals surface area contributed by atoms with Gasteiger partial charge in [0.1, 0.15) is 6.04 Å². The van der Waals surface area contributed by atoms with Crippen molar-refractivity contribution in [3.8, 4) is 0 Å². The van der Waals surface area contributed by atoms with Crippen LogP contribution in [0.4, 0.5) is 0 Å². The Morgan fingerprint density at radius 3 is 2.62 bits per heavy atom. The number of aliphatic carboxylic acids is 1. The summed E-state index contributed by atoms with van der Waals surface area (Å²) in [6.45, 7) is 3.49. The number of carboxylic acid groups (broad SMARTS) is 1. The summed E-state index contributed by atoms with van der Waals surface area (Å²) in [4.78, 5) is 12.4. The molecule has 1 heterocycles. The topological polar surface area (TPSA) is 60.8 Å². The van der Waals surface area contributed by atoms with E-state index >= 15 is 0 Å². The average Bonchev–Trinajstić information content (AvgIpc) is 2.00. The maximum atomic E-state index is 10.6. The van der Waals surface area contributed by atoms with E-state index in [4.69, 9.17) is 10.2 Å². The van der Waals surface area contributed by atoms with E-state index < -0.39 is 12.0 Å². The predicted octanol–water partition coefficient (Wildman–Crippen LogP) is 0.164. The van der Waals surface area contributed by atoms with Gasteiger partial charge < -0.3 is 10.2 Å². The molecular formula is C9H17NO3. The molecule has 1 saturated heterocycles. The Bertz CT molecular complexity index is 178. The maximum Gasteiger partial charge on any atom is 0.323 e. The highest BCUT2D eigenvalue weighted by Crippen LogP contribution is 2.22. The van der Waals surface area contributed by atoms with Gasteiger partial charge in [0.15, 0.2) is 0 Å². The Morgan fingerprint density at radius 1 is 1.62 bits per heavy atom. The fourth-order valence-electron chi connectivity index (χ4n) is 1.80. The van der Waals surface area contributed by atoms with Gasteiger partial charge in [0.05, 0.1) is 6.61 Å². The summed E-state index contributed by atoms with van der Waals surface area (Å²) in [5.74, 6) is -0.282. The molecule has 0 bridgehead atoms. The zero-order chi connectivity index (χ0) is 9.84. The summed E-state index contributed by atoms with van der Waals surface area (Å²) in [5.41, 5.74) is 0. The summed E-state index contributed by atoms with van der Waals surface area (Å²) in [5, 5.41) is 17.5. The van der Waals surface area contributed by atoms with Gasteiger partial charge in [-0.15, -0.1) is 0 Å². The van der Waals surface area contributed by atoms with Gasteiger partial charge in [-0.1, -0.05) is 13.3 Å². The molecule has 1 rings (SSSR count). The van der Waals surface area contributed by atoms with Crippen LogP contribution < -0.4 is 0 Å². The number of aliphatic hydroxyl groups excluding tert-OH is 1. The highest BCUT2D eigenvalue weighted by molar-refractivity contribution is 5.73. The SMILES string of the molecule is CCCC1CN(C(CO)C(=O)O)C1. The summed E-state index contributed by atoms with van der Waals surface area (Å²) >= 11 is 0. The number of carbonyl (C=O) groups is 1. The van der Waals surface area contributed by atoms with Crippen molar-refractivity contribution in [3.05, 3.63) is 0 Å². The second-order valence-corrected chi connectivity index (χ2v) is 3.65. The first-order valence-electron chi connectivity index (χ1n) is 4.76. The van der Waals surface area contributed by atoms with E-state index in [1.807, 2.05) is 4.90 Å². The number of aliphatic hydroxyl groups is 1. The second-order valence-electron chi connectivity index (χ2n) is 3.65. The molecule has 0 radical (unpaired) electrons. The second kappa shape index (κ2) is 4.58. The van der Waals surface area contributed by atoms with Crippen molar-refractivity contribution in [2.24, 2.45) is 5.92 Å². The first kappa shape index (κ1) is 10.5. The van der Waals surface area contributed by atoms with E-state index in [9.17, 15) is 4.79 Å². The van der Waals surface area contributed by atoms with E-state index in [2.05, 4.69) is 6.92 Å². The van der Waals surface area contributed by atoms with Crippen LogP contribution in [0.1, 0.15) is 19.8 Å². The first-order valence-corrected chi connectivity index (χ1v) is 4.76. The van der Waals surface area contributed by atoms with Crippen LogP contribution in [0.25, 0.3) is 0 Å². The minimum atomic E-state index is -0.919. The number of carboxylic acids is 1. The summed E-state index contributed by atoms with van der Waals surface area (Å²) in [7, 11) is 0. The fraction of sp³-hybridized carbons (Fsp3) is 0.889. The van der Waals surface area contributed by atoms with Gasteiger partial charge in [-0.05, 0) is 12.3 Å². The van der Waals surface area contributed by atoms with Gasteiger partial charge in [0.25, 0.3) is 0 Å². The maximum absolute atomic E-state index is 10.6. The Balaban J connectivity index is 2.28. The Labute approximate surface area is 78.2 Å². The molecule has 0 spiro atoms. The van der Waals surface area contributed by atoms with E-state index in [0.29, 0.717) is 5.92 Å². The molecule has 0 aromatic heterocycles. The minimum Gasteiger partial charge on any atom is -0.480 e. The molecule has 1 aliphatic rings. The predicted molar refractivity (Wildman–Crippen MR) is 48.5 cm³/mol. The summed E-state index contributed by atoms with van der Waals surface area (Å²) < 4.78 is 0. The quantitative estimate of drug-likeness (QED) is 0.644. The third-order valence-corrected chi connectivity index (χ3v) is 2.58. The molecule has 1 atom stereocenters. The Morgan fingerprint density at radius 2 is 2.23 bits per heavy atom. The molecule has 2 N–H and O–H groups in total. The molecule has 13 heavy (non-hydrogen) atoms. The average molecular weight is 187 g/mol. The first-order chi connectivity index (χ1) is 6.19. The molecule has 76 valence electrons. The molecule has 0 amide bonds. The standard InChI is InChI=1S/C9H17NO3/c1-2-3-7-4-10(5-7)8(6-11)9(12)13/h7-8,11H,2-6H2,1H3,(H,12,13). The van der Waals surface area contributed by atoms with Crippen molar-refractivity contribution in [3.63, 3.8) is 0 Å². The number of hydrogen-bond donors (Lipinski definition) is 2. The van der Waals surface area contributed by atoms with Crippen LogP contribution in [0.15, 0.2) is 0 Å². The summed E-state index contributed by atoms with van der Waals surface area (Å²) in [6, 6.07) is -0.687. The van der Waals surface area contributed by atoms with E-state index in [-0.39, 0.29) is 6.61 Å². The highest BCUT2D eigenvalue weighted by atomic mass is 16.4. The van der Waals surface area contributed by atoms with E-state index in [1.165, 1.54) is 0 Å². The van der Waals surface area contributed by atoms with Crippen LogP contribution in [0.3, 0.4) is 0 Å². The molecule has 4 heteroatoms. The van der Waals surface area contributed by atoms with Crippen LogP contribution in [0.5, 0.6) is 0 Å². The van der Waals surface area contributed by atoms with Gasteiger partial charge in [-0.3, -0.25) is 9.69 Å². The number of nitrogens with zero attached hydrogens (tertiary/aromatic N) is 1. The van der Waals surface area contributed by atoms with Crippen molar-refractivity contribution in [2.45, 2.75) is 25.8 Å². The number of rotatable bonds is 5. The monoisotopic (exact) mass is 187 g/mol. The smallest absolute Gasteiger partial charge is 0.323 e. The zero-order valence-electron chi connectivity index (χ0n) is 7.94. The van der Waals surface area contributed by atoms with Crippen LogP contribution in [-0.2, 0) is 4.79 Å².